The number of benzene rings is 1. The van der Waals surface area contributed by atoms with Gasteiger partial charge in [0.1, 0.15) is 0 Å². The number of nitrogens with two attached hydrogens (primary N) is 1. The molecule has 3 rings (SSSR count). The maximum Gasteiger partial charge on any atom is 0.184 e. The van der Waals surface area contributed by atoms with Crippen LogP contribution in [0.1, 0.15) is 32.6 Å². The van der Waals surface area contributed by atoms with E-state index in [-0.39, 0.29) is 5.54 Å². The van der Waals surface area contributed by atoms with Crippen LogP contribution in [-0.2, 0) is 0 Å². The smallest absolute Gasteiger partial charge is 0.184 e. The molecular weight excluding hydrogens is 230 g/mol. The van der Waals surface area contributed by atoms with Crippen LogP contribution in [-0.4, -0.2) is 10.5 Å². The molecule has 0 bridgehead atoms. The third-order valence-corrected chi connectivity index (χ3v) is 4.46. The summed E-state index contributed by atoms with van der Waals surface area (Å²) in [5, 5.41) is 4.62. The van der Waals surface area contributed by atoms with Crippen LogP contribution in [0, 0.1) is 0 Å². The van der Waals surface area contributed by atoms with Crippen LogP contribution in [0.5, 0.6) is 0 Å². The van der Waals surface area contributed by atoms with E-state index in [0.29, 0.717) is 0 Å². The molecule has 1 saturated carbocycles. The summed E-state index contributed by atoms with van der Waals surface area (Å²) in [6.45, 7) is 2.29. The predicted octanol–water partition coefficient (Wildman–Crippen LogP) is 3.62. The van der Waals surface area contributed by atoms with Crippen molar-refractivity contribution >= 4 is 32.4 Å². The fraction of sp³-hybridized carbons (Fsp3) is 0.462. The molecule has 2 aromatic rings. The maximum absolute atomic E-state index is 5.78. The average Bonchev–Trinajstić information content (AvgIpc) is 2.84. The van der Waals surface area contributed by atoms with Crippen molar-refractivity contribution in [1.29, 1.82) is 0 Å². The second-order valence-electron chi connectivity index (χ2n) is 5.14. The molecule has 0 radical (unpaired) electrons. The fourth-order valence-corrected chi connectivity index (χ4v) is 3.60. The lowest BCUT2D eigenvalue weighted by molar-refractivity contribution is 0.533. The molecule has 1 aromatic carbocycles. The molecule has 0 saturated heterocycles. The number of rotatable bonds is 2. The van der Waals surface area contributed by atoms with E-state index < -0.39 is 0 Å². The van der Waals surface area contributed by atoms with Crippen LogP contribution >= 0.6 is 11.3 Å². The zero-order chi connectivity index (χ0) is 11.9. The van der Waals surface area contributed by atoms with Crippen molar-refractivity contribution < 1.29 is 0 Å². The molecule has 17 heavy (non-hydrogen) atoms. The summed E-state index contributed by atoms with van der Waals surface area (Å²) in [6.07, 6.45) is 5.12. The van der Waals surface area contributed by atoms with E-state index in [2.05, 4.69) is 17.2 Å². The lowest BCUT2D eigenvalue weighted by Crippen LogP contribution is -2.30. The number of hydrogen-bond acceptors (Lipinski definition) is 4. The molecule has 0 aliphatic heterocycles. The molecular formula is C13H17N3S. The zero-order valence-electron chi connectivity index (χ0n) is 9.99. The van der Waals surface area contributed by atoms with Gasteiger partial charge in [0.25, 0.3) is 0 Å². The van der Waals surface area contributed by atoms with Crippen LogP contribution in [0.15, 0.2) is 18.2 Å². The number of nitrogen functional groups attached to an aromatic ring is 1. The maximum atomic E-state index is 5.78. The number of thiazole rings is 1. The monoisotopic (exact) mass is 247 g/mol. The lowest BCUT2D eigenvalue weighted by Gasteiger charge is -2.24. The molecule has 4 heteroatoms. The van der Waals surface area contributed by atoms with Gasteiger partial charge in [-0.2, -0.15) is 0 Å². The standard InChI is InChI=1S/C13H17N3S/c1-13(6-2-3-7-13)16-12-15-10-5-4-9(14)8-11(10)17-12/h4-5,8H,2-3,6-7,14H2,1H3,(H,15,16). The van der Waals surface area contributed by atoms with Gasteiger partial charge in [0.2, 0.25) is 0 Å². The van der Waals surface area contributed by atoms with E-state index >= 15 is 0 Å². The summed E-state index contributed by atoms with van der Waals surface area (Å²) in [5.41, 5.74) is 7.86. The van der Waals surface area contributed by atoms with Gasteiger partial charge in [-0.15, -0.1) is 0 Å². The van der Waals surface area contributed by atoms with Crippen molar-refractivity contribution in [2.45, 2.75) is 38.1 Å². The molecule has 3 nitrogen and oxygen atoms in total. The van der Waals surface area contributed by atoms with Crippen molar-refractivity contribution in [3.63, 3.8) is 0 Å². The lowest BCUT2D eigenvalue weighted by atomic mass is 10.0. The number of aromatic nitrogens is 1. The summed E-state index contributed by atoms with van der Waals surface area (Å²) in [6, 6.07) is 5.89. The zero-order valence-corrected chi connectivity index (χ0v) is 10.8. The molecule has 1 heterocycles. The van der Waals surface area contributed by atoms with Crippen LogP contribution < -0.4 is 11.1 Å². The van der Waals surface area contributed by atoms with E-state index in [1.165, 1.54) is 25.7 Å². The van der Waals surface area contributed by atoms with Crippen molar-refractivity contribution in [3.05, 3.63) is 18.2 Å². The fourth-order valence-electron chi connectivity index (χ4n) is 2.53. The Morgan fingerprint density at radius 1 is 1.35 bits per heavy atom. The number of fused-ring (bicyclic) bond motifs is 1. The number of nitrogens with one attached hydrogen (secondary N) is 1. The average molecular weight is 247 g/mol. The summed E-state index contributed by atoms with van der Waals surface area (Å²) in [4.78, 5) is 4.61. The Bertz CT molecular complexity index is 541. The summed E-state index contributed by atoms with van der Waals surface area (Å²) >= 11 is 1.69. The highest BCUT2D eigenvalue weighted by molar-refractivity contribution is 7.22. The molecule has 0 spiro atoms. The van der Waals surface area contributed by atoms with Crippen molar-refractivity contribution in [2.24, 2.45) is 0 Å². The molecule has 1 aromatic heterocycles. The molecule has 1 aliphatic rings. The van der Waals surface area contributed by atoms with E-state index in [9.17, 15) is 0 Å². The molecule has 0 atom stereocenters. The number of anilines is 2. The van der Waals surface area contributed by atoms with E-state index in [0.717, 1.165) is 21.0 Å². The minimum absolute atomic E-state index is 0.236. The number of hydrogen-bond donors (Lipinski definition) is 2. The van der Waals surface area contributed by atoms with Crippen LogP contribution in [0.3, 0.4) is 0 Å². The Morgan fingerprint density at radius 2 is 2.12 bits per heavy atom. The summed E-state index contributed by atoms with van der Waals surface area (Å²) in [7, 11) is 0. The quantitative estimate of drug-likeness (QED) is 0.797. The second-order valence-corrected chi connectivity index (χ2v) is 6.17. The first-order chi connectivity index (χ1) is 8.15. The van der Waals surface area contributed by atoms with Gasteiger partial charge in [-0.25, -0.2) is 4.98 Å². The van der Waals surface area contributed by atoms with Gasteiger partial charge in [-0.3, -0.25) is 0 Å². The van der Waals surface area contributed by atoms with Gasteiger partial charge in [-0.1, -0.05) is 24.2 Å². The highest BCUT2D eigenvalue weighted by Crippen LogP contribution is 2.35. The Balaban J connectivity index is 1.90. The molecule has 3 N–H and O–H groups in total. The van der Waals surface area contributed by atoms with Crippen LogP contribution in [0.4, 0.5) is 10.8 Å². The van der Waals surface area contributed by atoms with Gasteiger partial charge in [-0.05, 0) is 38.0 Å². The first kappa shape index (κ1) is 10.8. The third-order valence-electron chi connectivity index (χ3n) is 3.53. The van der Waals surface area contributed by atoms with E-state index in [1.807, 2.05) is 18.2 Å². The van der Waals surface area contributed by atoms with Gasteiger partial charge < -0.3 is 11.1 Å². The molecule has 90 valence electrons. The molecule has 0 amide bonds. The van der Waals surface area contributed by atoms with Gasteiger partial charge >= 0.3 is 0 Å². The van der Waals surface area contributed by atoms with Crippen molar-refractivity contribution in [1.82, 2.24) is 4.98 Å². The summed E-state index contributed by atoms with van der Waals surface area (Å²) < 4.78 is 1.16. The highest BCUT2D eigenvalue weighted by Gasteiger charge is 2.29. The van der Waals surface area contributed by atoms with Crippen molar-refractivity contribution in [3.8, 4) is 0 Å². The Hall–Kier alpha value is -1.29. The van der Waals surface area contributed by atoms with Gasteiger partial charge in [0, 0.05) is 11.2 Å². The SMILES string of the molecule is CC1(Nc2nc3ccc(N)cc3s2)CCCC1. The van der Waals surface area contributed by atoms with Gasteiger partial charge in [0.05, 0.1) is 10.2 Å². The molecule has 1 aliphatic carbocycles. The first-order valence-corrected chi connectivity index (χ1v) is 6.91. The Labute approximate surface area is 105 Å². The topological polar surface area (TPSA) is 50.9 Å². The van der Waals surface area contributed by atoms with Crippen LogP contribution in [0.25, 0.3) is 10.2 Å². The molecule has 0 unspecified atom stereocenters. The first-order valence-electron chi connectivity index (χ1n) is 6.09. The van der Waals surface area contributed by atoms with Crippen molar-refractivity contribution in [2.75, 3.05) is 11.1 Å². The van der Waals surface area contributed by atoms with Gasteiger partial charge in [0.15, 0.2) is 5.13 Å². The highest BCUT2D eigenvalue weighted by atomic mass is 32.1. The van der Waals surface area contributed by atoms with E-state index in [4.69, 9.17) is 5.73 Å². The van der Waals surface area contributed by atoms with E-state index in [1.54, 1.807) is 11.3 Å². The Morgan fingerprint density at radius 3 is 2.88 bits per heavy atom. The minimum Gasteiger partial charge on any atom is -0.399 e. The molecule has 1 fully saturated rings. The normalized spacial score (nSPS) is 18.6. The van der Waals surface area contributed by atoms with Crippen LogP contribution in [0.2, 0.25) is 0 Å². The summed E-state index contributed by atoms with van der Waals surface area (Å²) in [5.74, 6) is 0. The third kappa shape index (κ3) is 2.09. The minimum atomic E-state index is 0.236. The number of nitrogens with zero attached hydrogens (tertiary/aromatic N) is 1. The second kappa shape index (κ2) is 3.88. The Kier molecular flexibility index (Phi) is 2.47. The largest absolute Gasteiger partial charge is 0.399 e. The predicted molar refractivity (Wildman–Crippen MR) is 74.5 cm³/mol.